The number of benzene rings is 9. The second-order valence-electron chi connectivity index (χ2n) is 40.1. The summed E-state index contributed by atoms with van der Waals surface area (Å²) in [7, 11) is -21.3. The second-order valence-corrected chi connectivity index (χ2v) is 62.7. The van der Waals surface area contributed by atoms with Crippen LogP contribution in [-0.2, 0) is 106 Å². The van der Waals surface area contributed by atoms with Crippen molar-refractivity contribution < 1.29 is 97.2 Å². The number of ketones is 3. The molecule has 1 fully saturated rings. The minimum absolute atomic E-state index is 0.00362. The first-order valence-corrected chi connectivity index (χ1v) is 62.3. The van der Waals surface area contributed by atoms with Gasteiger partial charge < -0.3 is 20.7 Å². The second kappa shape index (κ2) is 57.8. The van der Waals surface area contributed by atoms with Crippen molar-refractivity contribution in [3.63, 3.8) is 0 Å². The van der Waals surface area contributed by atoms with E-state index in [0.29, 0.717) is 68.7 Å². The van der Waals surface area contributed by atoms with E-state index in [9.17, 15) is 92.4 Å². The number of amides is 3. The van der Waals surface area contributed by atoms with Gasteiger partial charge in [-0.1, -0.05) is 192 Å². The van der Waals surface area contributed by atoms with Gasteiger partial charge in [-0.25, -0.2) is 63.7 Å². The standard InChI is InChI=1S/C19H20Cl2O3S2.C18H18ClF2NO3S.C18H19ClFNO3S.C18H26ClNO3S.C18H27ClO3S2.C18H28O4S2/c1-19(2,26(23,24)15-10-11-16(20)17(21)13-15)18(22)9-6-12-25-14-7-4-3-5-8-14;1-18(2,26(24,25)15-6-3-13(19)4-7-15)17(23)22-10-9-12-11-14(20)5-8-16(12)21;1-18(2,25(23,24)15-9-7-14(19)8-10-15)17(22)21-12-11-13-5-3-4-6-16(13)20;1-18(2,24(22,23)16-10-8-15(19)9-11-16)17(21)20-13-12-14-6-4-3-5-7-14;1-17(2,3)23-12-6-7-16(20)18(4,5)24(21,22)13-14-8-10-15(19)11-9-14;1-17(2,3)23-13-7-8-16(19)18(4,5)24(20,21)15-11-9-14(22-6)10-12-15/h3-5,7-8,10-11,13H,6,9,12H2,1-2H3;3-8,11H,9-10H2,1-2H3,(H,22,23);3-10H,11-12H2,1-2H3,(H,21,22);8-11,14H,3-7,12-13H2,1-2H3,(H,20,21);8-11H,6-7,12-13H2,1-5H3;9-12H,7-8,13H2,1-6H3. The maximum Gasteiger partial charge on any atom is 0.241 e. The van der Waals surface area contributed by atoms with Crippen LogP contribution in [-0.4, -0.2) is 168 Å². The van der Waals surface area contributed by atoms with E-state index in [-0.39, 0.29) is 124 Å². The number of rotatable bonds is 42. The Kier molecular flexibility index (Phi) is 51.2. The Bertz CT molecular complexity index is 6720. The first-order valence-electron chi connectivity index (χ1n) is 48.0. The molecule has 0 unspecified atom stereocenters. The van der Waals surface area contributed by atoms with Crippen LogP contribution >= 0.6 is 105 Å². The topological polar surface area (TPSA) is 353 Å². The number of Topliss-reactive ketones (excluding diaryl/α,β-unsaturated/α-hetero) is 3. The van der Waals surface area contributed by atoms with E-state index in [4.69, 9.17) is 74.3 Å². The summed E-state index contributed by atoms with van der Waals surface area (Å²) in [6, 6.07) is 53.2. The summed E-state index contributed by atoms with van der Waals surface area (Å²) in [5.41, 5.74) is 1.20. The average Bonchev–Trinajstić information content (AvgIpc) is 0.766. The number of thioether (sulfide) groups is 3. The van der Waals surface area contributed by atoms with E-state index < -0.39 is 117 Å². The molecule has 0 heterocycles. The Morgan fingerprint density at radius 3 is 1.09 bits per heavy atom. The van der Waals surface area contributed by atoms with Gasteiger partial charge in [-0.2, -0.15) is 23.5 Å². The molecule has 0 bridgehead atoms. The van der Waals surface area contributed by atoms with E-state index in [0.717, 1.165) is 46.8 Å². The van der Waals surface area contributed by atoms with Gasteiger partial charge in [-0.15, -0.1) is 11.8 Å². The lowest BCUT2D eigenvalue weighted by molar-refractivity contribution is -0.123. The molecule has 10 rings (SSSR count). The Labute approximate surface area is 923 Å². The zero-order valence-electron chi connectivity index (χ0n) is 87.5. The van der Waals surface area contributed by atoms with Gasteiger partial charge >= 0.3 is 0 Å². The van der Waals surface area contributed by atoms with E-state index in [1.165, 1.54) is 231 Å². The summed E-state index contributed by atoms with van der Waals surface area (Å²) < 4.78 is 190. The fraction of sp³-hybridized carbons (Fsp3) is 0.450. The third kappa shape index (κ3) is 38.8. The van der Waals surface area contributed by atoms with Crippen LogP contribution in [0.15, 0.2) is 242 Å². The van der Waals surface area contributed by atoms with Gasteiger partial charge in [0.05, 0.1) is 47.4 Å². The number of ether oxygens (including phenoxy) is 1. The minimum Gasteiger partial charge on any atom is -0.497 e. The van der Waals surface area contributed by atoms with Gasteiger partial charge in [0.1, 0.15) is 51.7 Å². The Balaban J connectivity index is 0.000000314. The monoisotopic (exact) mass is 2350 g/mol. The van der Waals surface area contributed by atoms with Gasteiger partial charge in [-0.05, 0) is 325 Å². The van der Waals surface area contributed by atoms with Crippen molar-refractivity contribution in [1.29, 1.82) is 0 Å². The molecule has 22 nitrogen and oxygen atoms in total. The number of methoxy groups -OCH3 is 1. The lowest BCUT2D eigenvalue weighted by Gasteiger charge is -2.25. The van der Waals surface area contributed by atoms with Gasteiger partial charge in [0.25, 0.3) is 0 Å². The lowest BCUT2D eigenvalue weighted by Crippen LogP contribution is -2.48. The maximum atomic E-state index is 13.6. The van der Waals surface area contributed by atoms with Crippen molar-refractivity contribution in [2.24, 2.45) is 5.92 Å². The Morgan fingerprint density at radius 1 is 0.356 bits per heavy atom. The van der Waals surface area contributed by atoms with Crippen LogP contribution < -0.4 is 20.7 Å². The molecule has 0 spiro atoms. The summed E-state index contributed by atoms with van der Waals surface area (Å²) in [5, 5.41) is 10.1. The number of carbonyl (C=O) groups excluding carboxylic acids is 6. The van der Waals surface area contributed by atoms with Crippen LogP contribution in [0.5, 0.6) is 5.75 Å². The molecule has 40 heteroatoms. The van der Waals surface area contributed by atoms with Crippen molar-refractivity contribution in [2.75, 3.05) is 44.0 Å². The zero-order valence-corrected chi connectivity index (χ0v) is 99.4. The number of hydrogen-bond acceptors (Lipinski definition) is 22. The summed E-state index contributed by atoms with van der Waals surface area (Å²) in [6.07, 6.45) is 10.2. The van der Waals surface area contributed by atoms with Crippen LogP contribution in [0, 0.1) is 23.4 Å². The highest BCUT2D eigenvalue weighted by Gasteiger charge is 2.48. The normalized spacial score (nSPS) is 13.1. The van der Waals surface area contributed by atoms with E-state index in [1.54, 1.807) is 89.9 Å². The highest BCUT2D eigenvalue weighted by atomic mass is 35.5. The first kappa shape index (κ1) is 132. The van der Waals surface area contributed by atoms with Crippen molar-refractivity contribution in [3.8, 4) is 5.75 Å². The molecule has 1 aliphatic rings. The van der Waals surface area contributed by atoms with Gasteiger partial charge in [0.2, 0.25) is 17.7 Å². The molecule has 3 N–H and O–H groups in total. The molecule has 1 saturated carbocycles. The Hall–Kier alpha value is -7.52. The molecule has 0 radical (unpaired) electrons. The molecule has 0 aromatic heterocycles. The average molecular weight is 2350 g/mol. The predicted molar refractivity (Wildman–Crippen MR) is 603 cm³/mol. The number of halogens is 9. The van der Waals surface area contributed by atoms with Crippen molar-refractivity contribution >= 4 is 199 Å². The fourth-order valence-electron chi connectivity index (χ4n) is 14.2. The van der Waals surface area contributed by atoms with Crippen LogP contribution in [0.25, 0.3) is 0 Å². The molecule has 0 aliphatic heterocycles. The van der Waals surface area contributed by atoms with Crippen LogP contribution in [0.4, 0.5) is 13.2 Å². The summed E-state index contributed by atoms with van der Waals surface area (Å²) in [4.78, 5) is 76.3. The molecule has 0 saturated heterocycles. The highest BCUT2D eigenvalue weighted by Crippen LogP contribution is 2.38. The van der Waals surface area contributed by atoms with Crippen molar-refractivity contribution in [2.45, 2.75) is 288 Å². The van der Waals surface area contributed by atoms with Gasteiger partial charge in [0.15, 0.2) is 76.4 Å². The fourth-order valence-corrected chi connectivity index (χ4v) is 26.3. The Morgan fingerprint density at radius 2 is 0.698 bits per heavy atom. The van der Waals surface area contributed by atoms with Crippen LogP contribution in [0.3, 0.4) is 0 Å². The van der Waals surface area contributed by atoms with Crippen LogP contribution in [0.2, 0.25) is 30.1 Å². The summed E-state index contributed by atoms with van der Waals surface area (Å²) in [5.74, 6) is -0.606. The largest absolute Gasteiger partial charge is 0.497 e. The van der Waals surface area contributed by atoms with Crippen molar-refractivity contribution in [1.82, 2.24) is 16.0 Å². The van der Waals surface area contributed by atoms with Gasteiger partial charge in [-0.3, -0.25) is 28.8 Å². The number of sulfone groups is 6. The summed E-state index contributed by atoms with van der Waals surface area (Å²) >= 11 is 40.1. The molecular weight excluding hydrogens is 2210 g/mol. The molecule has 820 valence electrons. The molecule has 9 aromatic carbocycles. The van der Waals surface area contributed by atoms with E-state index in [1.807, 2.05) is 30.3 Å². The van der Waals surface area contributed by atoms with E-state index in [2.05, 4.69) is 57.5 Å². The number of nitrogens with one attached hydrogen (secondary N) is 3. The number of carbonyl (C=O) groups is 6. The SMILES string of the molecule is CC(C)(C(=O)CCCSc1ccccc1)S(=O)(=O)c1ccc(Cl)c(Cl)c1.CC(C)(C(=O)NCCC1CCCCC1)S(=O)(=O)c1ccc(Cl)cc1.CC(C)(C(=O)NCCc1cc(F)ccc1F)S(=O)(=O)c1ccc(Cl)cc1.CC(C)(C(=O)NCCc1ccccc1F)S(=O)(=O)c1ccc(Cl)cc1.CC(C)(C)SCCCC(=O)C(C)(C)S(=O)(=O)Cc1ccc(Cl)cc1.COc1ccc(S(=O)(=O)C(C)(C)C(=O)CCCSC(C)(C)C)cc1. The number of hydrogen-bond donors (Lipinski definition) is 3. The molecule has 1 aliphatic carbocycles. The van der Waals surface area contributed by atoms with Crippen LogP contribution in [0.1, 0.15) is 218 Å². The lowest BCUT2D eigenvalue weighted by atomic mass is 9.87. The third-order valence-corrected chi connectivity index (χ3v) is 44.9. The van der Waals surface area contributed by atoms with E-state index >= 15 is 0 Å². The summed E-state index contributed by atoms with van der Waals surface area (Å²) in [6.45, 7) is 30.4. The molecular formula is C109H138Cl6F3N3O19S9. The predicted octanol–water partition coefficient (Wildman–Crippen LogP) is 25.6. The molecule has 9 aromatic rings. The quantitative estimate of drug-likeness (QED) is 0.0236. The van der Waals surface area contributed by atoms with Crippen molar-refractivity contribution in [3.05, 3.63) is 277 Å². The van der Waals surface area contributed by atoms with Gasteiger partial charge in [0, 0.05) is 73.4 Å². The third-order valence-electron chi connectivity index (χ3n) is 24.6. The highest BCUT2D eigenvalue weighted by molar-refractivity contribution is 8.01. The molecule has 0 atom stereocenters. The molecule has 3 amide bonds. The minimum atomic E-state index is -3.97. The maximum absolute atomic E-state index is 13.6. The smallest absolute Gasteiger partial charge is 0.241 e. The first-order chi connectivity index (χ1) is 68.9. The zero-order chi connectivity index (χ0) is 113. The molecule has 149 heavy (non-hydrogen) atoms.